The molecule has 3 aromatic rings. The fourth-order valence-corrected chi connectivity index (χ4v) is 2.75. The molecule has 6 heteroatoms. The van der Waals surface area contributed by atoms with E-state index in [9.17, 15) is 14.0 Å². The average molecular weight is 365 g/mol. The lowest BCUT2D eigenvalue weighted by atomic mass is 10.1. The van der Waals surface area contributed by atoms with Crippen LogP contribution in [-0.4, -0.2) is 26.9 Å². The fraction of sp³-hybridized carbons (Fsp3) is 0.190. The molecular weight excluding hydrogens is 345 g/mol. The number of halogens is 1. The molecule has 3 rings (SSSR count). The average Bonchev–Trinajstić information content (AvgIpc) is 2.69. The molecule has 0 bridgehead atoms. The first-order valence-electron chi connectivity index (χ1n) is 8.71. The van der Waals surface area contributed by atoms with Crippen molar-refractivity contribution in [3.05, 3.63) is 88.7 Å². The topological polar surface area (TPSA) is 55.2 Å². The number of hydrogen-bond donors (Lipinski definition) is 0. The van der Waals surface area contributed by atoms with Gasteiger partial charge in [-0.15, -0.1) is 0 Å². The zero-order valence-corrected chi connectivity index (χ0v) is 15.0. The number of nitrogens with zero attached hydrogens (tertiary/aromatic N) is 3. The highest BCUT2D eigenvalue weighted by atomic mass is 19.1. The zero-order valence-electron chi connectivity index (χ0n) is 15.0. The molecule has 2 aromatic carbocycles. The van der Waals surface area contributed by atoms with Gasteiger partial charge in [0.1, 0.15) is 12.4 Å². The molecule has 0 spiro atoms. The van der Waals surface area contributed by atoms with E-state index in [0.29, 0.717) is 24.3 Å². The lowest BCUT2D eigenvalue weighted by Crippen LogP contribution is -2.36. The van der Waals surface area contributed by atoms with Gasteiger partial charge in [-0.05, 0) is 36.8 Å². The van der Waals surface area contributed by atoms with Crippen LogP contribution in [0.25, 0.3) is 11.3 Å². The molecule has 0 saturated heterocycles. The van der Waals surface area contributed by atoms with Gasteiger partial charge in [-0.1, -0.05) is 30.3 Å². The maximum atomic E-state index is 13.0. The number of aromatic nitrogens is 2. The molecule has 0 fully saturated rings. The van der Waals surface area contributed by atoms with Gasteiger partial charge in [-0.2, -0.15) is 0 Å². The summed E-state index contributed by atoms with van der Waals surface area (Å²) in [6, 6.07) is 16.8. The molecule has 1 amide bonds. The third kappa shape index (κ3) is 4.67. The van der Waals surface area contributed by atoms with Crippen molar-refractivity contribution in [1.29, 1.82) is 0 Å². The van der Waals surface area contributed by atoms with E-state index in [1.165, 1.54) is 29.1 Å². The highest BCUT2D eigenvalue weighted by Crippen LogP contribution is 2.15. The van der Waals surface area contributed by atoms with E-state index >= 15 is 0 Å². The molecule has 0 aliphatic carbocycles. The largest absolute Gasteiger partial charge is 0.337 e. The molecule has 0 aliphatic rings. The summed E-state index contributed by atoms with van der Waals surface area (Å²) in [5.41, 5.74) is 1.80. The molecule has 5 nitrogen and oxygen atoms in total. The van der Waals surface area contributed by atoms with E-state index in [-0.39, 0.29) is 23.8 Å². The molecule has 1 heterocycles. The molecule has 0 radical (unpaired) electrons. The van der Waals surface area contributed by atoms with E-state index in [1.807, 2.05) is 37.3 Å². The number of likely N-dealkylation sites (N-methyl/N-ethyl adjacent to an activating group) is 1. The SMILES string of the molecule is CCN(Cc1ccccc1)C(=O)Cn1cnc(-c2ccc(F)cc2)cc1=O. The van der Waals surface area contributed by atoms with E-state index in [0.717, 1.165) is 5.56 Å². The predicted molar refractivity (Wildman–Crippen MR) is 101 cm³/mol. The fourth-order valence-electron chi connectivity index (χ4n) is 2.75. The smallest absolute Gasteiger partial charge is 0.254 e. The molecule has 0 atom stereocenters. The first-order chi connectivity index (χ1) is 13.1. The molecule has 0 N–H and O–H groups in total. The quantitative estimate of drug-likeness (QED) is 0.674. The first-order valence-corrected chi connectivity index (χ1v) is 8.71. The third-order valence-electron chi connectivity index (χ3n) is 4.28. The molecule has 0 saturated carbocycles. The van der Waals surface area contributed by atoms with Crippen LogP contribution in [0.15, 0.2) is 71.8 Å². The van der Waals surface area contributed by atoms with Crippen LogP contribution in [0.3, 0.4) is 0 Å². The van der Waals surface area contributed by atoms with Gasteiger partial charge < -0.3 is 4.90 Å². The minimum absolute atomic E-state index is 0.0732. The Morgan fingerprint density at radius 1 is 1.11 bits per heavy atom. The van der Waals surface area contributed by atoms with Crippen LogP contribution in [0.1, 0.15) is 12.5 Å². The number of amides is 1. The number of benzene rings is 2. The van der Waals surface area contributed by atoms with Crippen molar-refractivity contribution in [3.63, 3.8) is 0 Å². The molecule has 0 unspecified atom stereocenters. The van der Waals surface area contributed by atoms with Crippen molar-refractivity contribution in [2.45, 2.75) is 20.0 Å². The Kier molecular flexibility index (Phi) is 5.76. The van der Waals surface area contributed by atoms with E-state index in [4.69, 9.17) is 0 Å². The van der Waals surface area contributed by atoms with E-state index in [1.54, 1.807) is 17.0 Å². The second-order valence-electron chi connectivity index (χ2n) is 6.14. The summed E-state index contributed by atoms with van der Waals surface area (Å²) in [5, 5.41) is 0. The predicted octanol–water partition coefficient (Wildman–Crippen LogP) is 3.10. The van der Waals surface area contributed by atoms with Crippen molar-refractivity contribution in [3.8, 4) is 11.3 Å². The van der Waals surface area contributed by atoms with Crippen LogP contribution in [0.5, 0.6) is 0 Å². The van der Waals surface area contributed by atoms with Gasteiger partial charge in [0.25, 0.3) is 5.56 Å². The van der Waals surface area contributed by atoms with Gasteiger partial charge in [0.15, 0.2) is 0 Å². The van der Waals surface area contributed by atoms with Crippen molar-refractivity contribution in [1.82, 2.24) is 14.5 Å². The Balaban J connectivity index is 1.73. The minimum Gasteiger partial charge on any atom is -0.337 e. The second-order valence-corrected chi connectivity index (χ2v) is 6.14. The number of hydrogen-bond acceptors (Lipinski definition) is 3. The second kappa shape index (κ2) is 8.40. The Labute approximate surface area is 156 Å². The molecule has 27 heavy (non-hydrogen) atoms. The van der Waals surface area contributed by atoms with Gasteiger partial charge >= 0.3 is 0 Å². The highest BCUT2D eigenvalue weighted by Gasteiger charge is 2.14. The van der Waals surface area contributed by atoms with Crippen molar-refractivity contribution < 1.29 is 9.18 Å². The van der Waals surface area contributed by atoms with Gasteiger partial charge in [-0.25, -0.2) is 9.37 Å². The summed E-state index contributed by atoms with van der Waals surface area (Å²) in [5.74, 6) is -0.504. The number of rotatable bonds is 6. The molecule has 0 aliphatic heterocycles. The van der Waals surface area contributed by atoms with Crippen LogP contribution < -0.4 is 5.56 Å². The third-order valence-corrected chi connectivity index (χ3v) is 4.28. The minimum atomic E-state index is -0.351. The molecule has 138 valence electrons. The molecule has 1 aromatic heterocycles. The van der Waals surface area contributed by atoms with Crippen LogP contribution in [-0.2, 0) is 17.9 Å². The Hall–Kier alpha value is -3.28. The zero-order chi connectivity index (χ0) is 19.2. The molecular formula is C21H20FN3O2. The standard InChI is InChI=1S/C21H20FN3O2/c1-2-24(13-16-6-4-3-5-7-16)21(27)14-25-15-23-19(12-20(25)26)17-8-10-18(22)11-9-17/h3-12,15H,2,13-14H2,1H3. The summed E-state index contributed by atoms with van der Waals surface area (Å²) in [7, 11) is 0. The highest BCUT2D eigenvalue weighted by molar-refractivity contribution is 5.76. The monoisotopic (exact) mass is 365 g/mol. The number of carbonyl (C=O) groups excluding carboxylic acids is 1. The van der Waals surface area contributed by atoms with Crippen molar-refractivity contribution in [2.75, 3.05) is 6.54 Å². The van der Waals surface area contributed by atoms with E-state index in [2.05, 4.69) is 4.98 Å². The summed E-state index contributed by atoms with van der Waals surface area (Å²) in [6.45, 7) is 2.87. The Morgan fingerprint density at radius 2 is 1.81 bits per heavy atom. The summed E-state index contributed by atoms with van der Waals surface area (Å²) in [6.07, 6.45) is 1.36. The summed E-state index contributed by atoms with van der Waals surface area (Å²) < 4.78 is 14.3. The maximum Gasteiger partial charge on any atom is 0.254 e. The van der Waals surface area contributed by atoms with Gasteiger partial charge in [0, 0.05) is 24.7 Å². The van der Waals surface area contributed by atoms with Crippen LogP contribution in [0.2, 0.25) is 0 Å². The van der Waals surface area contributed by atoms with Gasteiger partial charge in [0.2, 0.25) is 5.91 Å². The normalized spacial score (nSPS) is 10.6. The lowest BCUT2D eigenvalue weighted by molar-refractivity contribution is -0.132. The van der Waals surface area contributed by atoms with Crippen molar-refractivity contribution >= 4 is 5.91 Å². The lowest BCUT2D eigenvalue weighted by Gasteiger charge is -2.21. The van der Waals surface area contributed by atoms with Gasteiger partial charge in [0.05, 0.1) is 12.0 Å². The Bertz CT molecular complexity index is 969. The maximum absolute atomic E-state index is 13.0. The summed E-state index contributed by atoms with van der Waals surface area (Å²) >= 11 is 0. The van der Waals surface area contributed by atoms with Crippen LogP contribution in [0.4, 0.5) is 4.39 Å². The van der Waals surface area contributed by atoms with Gasteiger partial charge in [-0.3, -0.25) is 14.2 Å². The summed E-state index contributed by atoms with van der Waals surface area (Å²) in [4.78, 5) is 30.9. The van der Waals surface area contributed by atoms with E-state index < -0.39 is 0 Å². The Morgan fingerprint density at radius 3 is 2.44 bits per heavy atom. The number of carbonyl (C=O) groups is 1. The first kappa shape index (κ1) is 18.5. The van der Waals surface area contributed by atoms with Crippen LogP contribution >= 0.6 is 0 Å². The van der Waals surface area contributed by atoms with Crippen LogP contribution in [0, 0.1) is 5.82 Å². The van der Waals surface area contributed by atoms with Crippen molar-refractivity contribution in [2.24, 2.45) is 0 Å².